The third-order valence-electron chi connectivity index (χ3n) is 4.56. The van der Waals surface area contributed by atoms with Crippen LogP contribution in [0.1, 0.15) is 28.0 Å². The lowest BCUT2D eigenvalue weighted by Gasteiger charge is -2.17. The van der Waals surface area contributed by atoms with Gasteiger partial charge in [-0.25, -0.2) is 9.67 Å². The summed E-state index contributed by atoms with van der Waals surface area (Å²) in [4.78, 5) is 21.5. The monoisotopic (exact) mass is 373 g/mol. The van der Waals surface area contributed by atoms with Gasteiger partial charge in [0.1, 0.15) is 0 Å². The number of hydrogen-bond donors (Lipinski definition) is 0. The number of Topliss-reactive ketones (excluding diaryl/α,β-unsaturated/α-hetero) is 1. The number of benzene rings is 2. The van der Waals surface area contributed by atoms with E-state index < -0.39 is 0 Å². The molecule has 1 aliphatic heterocycles. The van der Waals surface area contributed by atoms with Crippen molar-refractivity contribution in [3.05, 3.63) is 65.4 Å². The number of aliphatic imine (C=N–C) groups is 1. The Hall–Kier alpha value is -3.32. The van der Waals surface area contributed by atoms with Crippen molar-refractivity contribution in [2.45, 2.75) is 13.3 Å². The van der Waals surface area contributed by atoms with Crippen LogP contribution in [0.3, 0.4) is 0 Å². The molecule has 2 aromatic heterocycles. The molecule has 0 spiro atoms. The molecule has 5 rings (SSSR count). The predicted molar refractivity (Wildman–Crippen MR) is 103 cm³/mol. The summed E-state index contributed by atoms with van der Waals surface area (Å²) in [6.45, 7) is 1.76. The van der Waals surface area contributed by atoms with Crippen molar-refractivity contribution in [2.75, 3.05) is 0 Å². The van der Waals surface area contributed by atoms with Crippen molar-refractivity contribution in [3.63, 3.8) is 0 Å². The topological polar surface area (TPSA) is 83.2 Å². The minimum Gasteiger partial charge on any atom is -0.858 e. The van der Waals surface area contributed by atoms with E-state index in [-0.39, 0.29) is 18.1 Å². The number of thiazole rings is 1. The molecule has 0 fully saturated rings. The van der Waals surface area contributed by atoms with Crippen LogP contribution in [0.25, 0.3) is 15.3 Å². The van der Waals surface area contributed by atoms with Crippen LogP contribution in [0, 0.1) is 6.92 Å². The van der Waals surface area contributed by atoms with E-state index in [1.54, 1.807) is 19.1 Å². The molecule has 0 atom stereocenters. The summed E-state index contributed by atoms with van der Waals surface area (Å²) < 4.78 is 2.30. The average Bonchev–Trinajstić information content (AvgIpc) is 3.22. The summed E-state index contributed by atoms with van der Waals surface area (Å²) in [6.07, 6.45) is 0.0959. The van der Waals surface area contributed by atoms with Crippen LogP contribution >= 0.6 is 11.3 Å². The van der Waals surface area contributed by atoms with Crippen molar-refractivity contribution < 1.29 is 9.90 Å². The maximum atomic E-state index is 13.1. The zero-order chi connectivity index (χ0) is 18.5. The fraction of sp³-hybridized carbons (Fsp3) is 0.100. The lowest BCUT2D eigenvalue weighted by Crippen LogP contribution is -2.16. The van der Waals surface area contributed by atoms with E-state index in [2.05, 4.69) is 15.1 Å². The highest BCUT2D eigenvalue weighted by Gasteiger charge is 2.24. The standard InChI is InChI=1S/C20H14N4O2S/c1-11-18(15-10-16(25)12-6-2-3-7-13(12)21-15)19(26)24(23-11)20-22-14-8-4-5-9-17(14)27-20/h2-9,26H,10H2,1H3/p-1. The van der Waals surface area contributed by atoms with Crippen LogP contribution in [0.15, 0.2) is 53.5 Å². The molecule has 0 saturated carbocycles. The van der Waals surface area contributed by atoms with Crippen molar-refractivity contribution >= 4 is 38.7 Å². The van der Waals surface area contributed by atoms with Gasteiger partial charge in [0.05, 0.1) is 33.7 Å². The van der Waals surface area contributed by atoms with Crippen molar-refractivity contribution in [1.82, 2.24) is 14.8 Å². The predicted octanol–water partition coefficient (Wildman–Crippen LogP) is 3.57. The number of aryl methyl sites for hydroxylation is 1. The Morgan fingerprint density at radius 3 is 2.74 bits per heavy atom. The molecule has 4 aromatic rings. The van der Waals surface area contributed by atoms with Gasteiger partial charge in [0.25, 0.3) is 0 Å². The van der Waals surface area contributed by atoms with Gasteiger partial charge in [-0.05, 0) is 31.2 Å². The second-order valence-electron chi connectivity index (χ2n) is 6.32. The lowest BCUT2D eigenvalue weighted by molar-refractivity contribution is -0.278. The molecule has 2 aromatic carbocycles. The Bertz CT molecular complexity index is 1220. The number of aromatic nitrogens is 3. The van der Waals surface area contributed by atoms with E-state index in [4.69, 9.17) is 0 Å². The first-order chi connectivity index (χ1) is 13.1. The number of carbonyl (C=O) groups excluding carboxylic acids is 1. The van der Waals surface area contributed by atoms with Gasteiger partial charge in [-0.2, -0.15) is 5.10 Å². The summed E-state index contributed by atoms with van der Waals surface area (Å²) in [6, 6.07) is 14.9. The van der Waals surface area contributed by atoms with E-state index in [9.17, 15) is 9.90 Å². The van der Waals surface area contributed by atoms with Gasteiger partial charge in [0.15, 0.2) is 5.78 Å². The molecule has 6 nitrogen and oxygen atoms in total. The summed E-state index contributed by atoms with van der Waals surface area (Å²) in [7, 11) is 0. The van der Waals surface area contributed by atoms with Gasteiger partial charge in [-0.15, -0.1) is 0 Å². The van der Waals surface area contributed by atoms with E-state index in [1.807, 2.05) is 36.4 Å². The zero-order valence-corrected chi connectivity index (χ0v) is 15.2. The Balaban J connectivity index is 1.65. The minimum atomic E-state index is -0.294. The number of hydrogen-bond acceptors (Lipinski definition) is 6. The van der Waals surface area contributed by atoms with E-state index >= 15 is 0 Å². The number of carbonyl (C=O) groups is 1. The molecule has 132 valence electrons. The number of fused-ring (bicyclic) bond motifs is 2. The number of para-hydroxylation sites is 2. The van der Waals surface area contributed by atoms with Crippen LogP contribution in [0.2, 0.25) is 0 Å². The van der Waals surface area contributed by atoms with Gasteiger partial charge < -0.3 is 5.11 Å². The van der Waals surface area contributed by atoms with Crippen LogP contribution < -0.4 is 5.11 Å². The summed E-state index contributed by atoms with van der Waals surface area (Å²) >= 11 is 1.40. The highest BCUT2D eigenvalue weighted by molar-refractivity contribution is 7.20. The molecule has 0 amide bonds. The third kappa shape index (κ3) is 2.47. The Kier molecular flexibility index (Phi) is 3.45. The molecule has 27 heavy (non-hydrogen) atoms. The molecule has 0 radical (unpaired) electrons. The number of ketones is 1. The fourth-order valence-electron chi connectivity index (χ4n) is 3.30. The van der Waals surface area contributed by atoms with Gasteiger partial charge in [-0.1, -0.05) is 35.6 Å². The Labute approximate surface area is 158 Å². The first-order valence-electron chi connectivity index (χ1n) is 8.44. The van der Waals surface area contributed by atoms with Crippen LogP contribution in [-0.2, 0) is 0 Å². The third-order valence-corrected chi connectivity index (χ3v) is 5.57. The largest absolute Gasteiger partial charge is 0.858 e. The molecule has 0 bridgehead atoms. The first kappa shape index (κ1) is 15.9. The maximum Gasteiger partial charge on any atom is 0.210 e. The molecular weight excluding hydrogens is 360 g/mol. The van der Waals surface area contributed by atoms with E-state index in [1.165, 1.54) is 16.0 Å². The molecular formula is C20H13N4O2S-. The smallest absolute Gasteiger partial charge is 0.210 e. The number of rotatable bonds is 2. The molecule has 0 unspecified atom stereocenters. The van der Waals surface area contributed by atoms with Crippen LogP contribution in [0.5, 0.6) is 5.88 Å². The Morgan fingerprint density at radius 1 is 1.11 bits per heavy atom. The summed E-state index contributed by atoms with van der Waals surface area (Å²) in [5.41, 5.74) is 3.40. The van der Waals surface area contributed by atoms with Crippen molar-refractivity contribution in [2.24, 2.45) is 4.99 Å². The van der Waals surface area contributed by atoms with Gasteiger partial charge in [0.2, 0.25) is 5.13 Å². The number of nitrogens with zero attached hydrogens (tertiary/aromatic N) is 4. The molecule has 0 aliphatic carbocycles. The van der Waals surface area contributed by atoms with Gasteiger partial charge in [-0.3, -0.25) is 9.79 Å². The van der Waals surface area contributed by atoms with E-state index in [0.717, 1.165) is 10.2 Å². The van der Waals surface area contributed by atoms with Crippen LogP contribution in [-0.4, -0.2) is 26.3 Å². The highest BCUT2D eigenvalue weighted by Crippen LogP contribution is 2.33. The van der Waals surface area contributed by atoms with Crippen molar-refractivity contribution in [3.8, 4) is 11.0 Å². The zero-order valence-electron chi connectivity index (χ0n) is 14.3. The summed E-state index contributed by atoms with van der Waals surface area (Å²) in [5.74, 6) is -0.334. The summed E-state index contributed by atoms with van der Waals surface area (Å²) in [5, 5.41) is 18.0. The average molecular weight is 373 g/mol. The maximum absolute atomic E-state index is 13.1. The van der Waals surface area contributed by atoms with Crippen LogP contribution in [0.4, 0.5) is 5.69 Å². The minimum absolute atomic E-state index is 0.0397. The van der Waals surface area contributed by atoms with Gasteiger partial charge >= 0.3 is 0 Å². The quantitative estimate of drug-likeness (QED) is 0.538. The lowest BCUT2D eigenvalue weighted by atomic mass is 9.96. The SMILES string of the molecule is Cc1nn(-c2nc3ccccc3s2)c([O-])c1C1=Nc2ccccc2C(=O)C1. The second-order valence-corrected chi connectivity index (χ2v) is 7.33. The Morgan fingerprint density at radius 2 is 1.89 bits per heavy atom. The normalized spacial score (nSPS) is 13.7. The molecule has 1 aliphatic rings. The molecule has 0 N–H and O–H groups in total. The molecule has 7 heteroatoms. The van der Waals surface area contributed by atoms with Gasteiger partial charge in [0, 0.05) is 17.0 Å². The molecule has 3 heterocycles. The first-order valence-corrected chi connectivity index (χ1v) is 9.26. The highest BCUT2D eigenvalue weighted by atomic mass is 32.1. The van der Waals surface area contributed by atoms with Crippen molar-refractivity contribution in [1.29, 1.82) is 0 Å². The molecule has 0 saturated heterocycles. The van der Waals surface area contributed by atoms with E-state index in [0.29, 0.717) is 33.4 Å². The second kappa shape index (κ2) is 5.85. The fourth-order valence-corrected chi connectivity index (χ4v) is 4.22.